The summed E-state index contributed by atoms with van der Waals surface area (Å²) in [6.45, 7) is 0. The van der Waals surface area contributed by atoms with E-state index in [4.69, 9.17) is 18.0 Å². The van der Waals surface area contributed by atoms with Gasteiger partial charge in [-0.1, -0.05) is 28.1 Å². The molecular weight excluding hydrogens is 352 g/mol. The molecule has 0 aliphatic rings. The van der Waals surface area contributed by atoms with Crippen LogP contribution in [0.15, 0.2) is 40.0 Å². The molecule has 0 bridgehead atoms. The van der Waals surface area contributed by atoms with Gasteiger partial charge in [-0.05, 0) is 24.3 Å². The summed E-state index contributed by atoms with van der Waals surface area (Å²) in [5.41, 5.74) is 6.32. The molecule has 0 saturated carbocycles. The number of hydrogen-bond donors (Lipinski definition) is 3. The van der Waals surface area contributed by atoms with Crippen molar-refractivity contribution in [1.82, 2.24) is 10.2 Å². The van der Waals surface area contributed by atoms with Crippen LogP contribution < -0.4 is 10.5 Å². The van der Waals surface area contributed by atoms with Crippen LogP contribution in [0, 0.1) is 0 Å². The van der Waals surface area contributed by atoms with Gasteiger partial charge in [-0.15, -0.1) is 0 Å². The van der Waals surface area contributed by atoms with Crippen molar-refractivity contribution in [3.8, 4) is 0 Å². The van der Waals surface area contributed by atoms with Crippen molar-refractivity contribution in [1.29, 1.82) is 0 Å². The highest BCUT2D eigenvalue weighted by molar-refractivity contribution is 9.10. The lowest BCUT2D eigenvalue weighted by molar-refractivity contribution is 0.597. The van der Waals surface area contributed by atoms with Crippen LogP contribution in [0.25, 0.3) is 0 Å². The Morgan fingerprint density at radius 1 is 1.42 bits per heavy atom. The van der Waals surface area contributed by atoms with Gasteiger partial charge in [0.05, 0.1) is 11.9 Å². The summed E-state index contributed by atoms with van der Waals surface area (Å²) >= 11 is 8.17. The second-order valence-corrected chi connectivity index (χ2v) is 6.59. The SMILES string of the molecule is NC(=S)c1cc(Br)ccc1NS(=O)(=O)c1ccn[nH]1. The largest absolute Gasteiger partial charge is 0.389 e. The molecule has 0 radical (unpaired) electrons. The predicted octanol–water partition coefficient (Wildman–Crippen LogP) is 1.61. The average Bonchev–Trinajstić information content (AvgIpc) is 2.85. The third kappa shape index (κ3) is 3.11. The van der Waals surface area contributed by atoms with Gasteiger partial charge in [0.2, 0.25) is 0 Å². The number of nitrogens with two attached hydrogens (primary N) is 1. The summed E-state index contributed by atoms with van der Waals surface area (Å²) in [6, 6.07) is 6.26. The van der Waals surface area contributed by atoms with Gasteiger partial charge >= 0.3 is 0 Å². The molecule has 1 aromatic carbocycles. The third-order valence-corrected chi connectivity index (χ3v) is 4.26. The summed E-state index contributed by atoms with van der Waals surface area (Å²) in [5.74, 6) is 0. The highest BCUT2D eigenvalue weighted by Crippen LogP contribution is 2.23. The topological polar surface area (TPSA) is 101 Å². The lowest BCUT2D eigenvalue weighted by atomic mass is 10.2. The quantitative estimate of drug-likeness (QED) is 0.719. The van der Waals surface area contributed by atoms with Gasteiger partial charge in [0.1, 0.15) is 4.99 Å². The smallest absolute Gasteiger partial charge is 0.278 e. The van der Waals surface area contributed by atoms with Crippen LogP contribution in [0.5, 0.6) is 0 Å². The van der Waals surface area contributed by atoms with Crippen LogP contribution in [0.1, 0.15) is 5.56 Å². The number of hydrogen-bond acceptors (Lipinski definition) is 4. The number of aromatic nitrogens is 2. The van der Waals surface area contributed by atoms with E-state index in [9.17, 15) is 8.42 Å². The third-order valence-electron chi connectivity index (χ3n) is 2.26. The van der Waals surface area contributed by atoms with Crippen LogP contribution in [-0.2, 0) is 10.0 Å². The number of rotatable bonds is 4. The van der Waals surface area contributed by atoms with Crippen LogP contribution in [0.2, 0.25) is 0 Å². The van der Waals surface area contributed by atoms with Gasteiger partial charge in [0, 0.05) is 10.0 Å². The Morgan fingerprint density at radius 3 is 2.74 bits per heavy atom. The van der Waals surface area contributed by atoms with Crippen molar-refractivity contribution in [3.05, 3.63) is 40.5 Å². The van der Waals surface area contributed by atoms with E-state index >= 15 is 0 Å². The molecule has 19 heavy (non-hydrogen) atoms. The molecule has 0 aliphatic heterocycles. The van der Waals surface area contributed by atoms with Crippen molar-refractivity contribution in [2.45, 2.75) is 5.03 Å². The van der Waals surface area contributed by atoms with E-state index in [0.29, 0.717) is 11.3 Å². The van der Waals surface area contributed by atoms with Crippen LogP contribution in [-0.4, -0.2) is 23.6 Å². The van der Waals surface area contributed by atoms with Gasteiger partial charge < -0.3 is 5.73 Å². The number of benzene rings is 1. The zero-order valence-electron chi connectivity index (χ0n) is 9.42. The molecule has 2 rings (SSSR count). The summed E-state index contributed by atoms with van der Waals surface area (Å²) in [6.07, 6.45) is 1.35. The molecule has 0 amide bonds. The number of sulfonamides is 1. The Balaban J connectivity index is 2.42. The maximum atomic E-state index is 12.0. The molecule has 0 fully saturated rings. The van der Waals surface area contributed by atoms with Crippen molar-refractivity contribution in [2.24, 2.45) is 5.73 Å². The van der Waals surface area contributed by atoms with Crippen molar-refractivity contribution in [2.75, 3.05) is 4.72 Å². The summed E-state index contributed by atoms with van der Waals surface area (Å²) in [5, 5.41) is 5.95. The minimum atomic E-state index is -3.74. The van der Waals surface area contributed by atoms with E-state index < -0.39 is 10.0 Å². The lowest BCUT2D eigenvalue weighted by Gasteiger charge is -2.11. The zero-order valence-corrected chi connectivity index (χ0v) is 12.6. The van der Waals surface area contributed by atoms with Crippen LogP contribution in [0.3, 0.4) is 0 Å². The van der Waals surface area contributed by atoms with E-state index in [-0.39, 0.29) is 10.0 Å². The average molecular weight is 361 g/mol. The summed E-state index contributed by atoms with van der Waals surface area (Å²) in [7, 11) is -3.74. The summed E-state index contributed by atoms with van der Waals surface area (Å²) in [4.78, 5) is 0.101. The molecule has 2 aromatic rings. The van der Waals surface area contributed by atoms with Crippen LogP contribution >= 0.6 is 28.1 Å². The molecule has 0 atom stereocenters. The molecule has 0 unspecified atom stereocenters. The van der Waals surface area contributed by atoms with E-state index in [1.54, 1.807) is 18.2 Å². The Hall–Kier alpha value is -1.45. The number of nitrogens with one attached hydrogen (secondary N) is 2. The van der Waals surface area contributed by atoms with E-state index in [1.165, 1.54) is 12.3 Å². The molecule has 100 valence electrons. The fourth-order valence-electron chi connectivity index (χ4n) is 1.40. The van der Waals surface area contributed by atoms with Crippen molar-refractivity contribution in [3.63, 3.8) is 0 Å². The van der Waals surface area contributed by atoms with E-state index in [1.807, 2.05) is 0 Å². The zero-order chi connectivity index (χ0) is 14.0. The number of thiocarbonyl (C=S) groups is 1. The standard InChI is InChI=1S/C10H9BrN4O2S2/c11-6-1-2-8(7(5-6)10(12)18)15-19(16,17)9-3-4-13-14-9/h1-5,15H,(H2,12,18)(H,13,14). The molecular formula is C10H9BrN4O2S2. The first-order chi connectivity index (χ1) is 8.90. The Morgan fingerprint density at radius 2 is 2.16 bits per heavy atom. The first-order valence-corrected chi connectivity index (χ1v) is 7.70. The normalized spacial score (nSPS) is 11.2. The van der Waals surface area contributed by atoms with Crippen LogP contribution in [0.4, 0.5) is 5.69 Å². The highest BCUT2D eigenvalue weighted by atomic mass is 79.9. The Labute approximate surface area is 123 Å². The summed E-state index contributed by atoms with van der Waals surface area (Å²) < 4.78 is 27.2. The minimum absolute atomic E-state index is 0.0377. The molecule has 4 N–H and O–H groups in total. The molecule has 0 aliphatic carbocycles. The van der Waals surface area contributed by atoms with Crippen molar-refractivity contribution >= 4 is 48.8 Å². The lowest BCUT2D eigenvalue weighted by Crippen LogP contribution is -2.18. The first kappa shape index (κ1) is 14.0. The van der Waals surface area contributed by atoms with Gasteiger partial charge in [-0.25, -0.2) is 0 Å². The van der Waals surface area contributed by atoms with E-state index in [0.717, 1.165) is 4.47 Å². The number of halogens is 1. The maximum Gasteiger partial charge on any atom is 0.278 e. The number of anilines is 1. The van der Waals surface area contributed by atoms with Crippen molar-refractivity contribution < 1.29 is 8.42 Å². The van der Waals surface area contributed by atoms with Gasteiger partial charge in [-0.2, -0.15) is 13.5 Å². The maximum absolute atomic E-state index is 12.0. The highest BCUT2D eigenvalue weighted by Gasteiger charge is 2.18. The Kier molecular flexibility index (Phi) is 3.88. The van der Waals surface area contributed by atoms with E-state index in [2.05, 4.69) is 30.8 Å². The second kappa shape index (κ2) is 5.27. The number of aromatic amines is 1. The second-order valence-electron chi connectivity index (χ2n) is 3.58. The van der Waals surface area contributed by atoms with Gasteiger partial charge in [0.15, 0.2) is 5.03 Å². The molecule has 6 nitrogen and oxygen atoms in total. The first-order valence-electron chi connectivity index (χ1n) is 5.02. The molecule has 9 heteroatoms. The van der Waals surface area contributed by atoms with Gasteiger partial charge in [0.25, 0.3) is 10.0 Å². The fraction of sp³-hybridized carbons (Fsp3) is 0. The molecule has 0 saturated heterocycles. The number of H-pyrrole nitrogens is 1. The monoisotopic (exact) mass is 360 g/mol. The Bertz CT molecular complexity index is 713. The molecule has 1 heterocycles. The fourth-order valence-corrected chi connectivity index (χ4v) is 2.92. The predicted molar refractivity (Wildman–Crippen MR) is 79.4 cm³/mol. The molecule has 0 spiro atoms. The minimum Gasteiger partial charge on any atom is -0.389 e. The van der Waals surface area contributed by atoms with Gasteiger partial charge in [-0.3, -0.25) is 9.82 Å². The number of nitrogens with zero attached hydrogens (tertiary/aromatic N) is 1. The molecule has 1 aromatic heterocycles.